The highest BCUT2D eigenvalue weighted by molar-refractivity contribution is 5.92. The number of rotatable bonds is 3. The number of aryl methyl sites for hydroxylation is 1. The van der Waals surface area contributed by atoms with E-state index in [1.807, 2.05) is 24.0 Å². The first kappa shape index (κ1) is 16.9. The summed E-state index contributed by atoms with van der Waals surface area (Å²) < 4.78 is 0. The van der Waals surface area contributed by atoms with Crippen LogP contribution in [0.15, 0.2) is 18.2 Å². The number of likely N-dealkylation sites (tertiary alicyclic amines) is 1. The predicted octanol–water partition coefficient (Wildman–Crippen LogP) is 3.15. The van der Waals surface area contributed by atoms with Gasteiger partial charge in [-0.05, 0) is 44.7 Å². The van der Waals surface area contributed by atoms with Gasteiger partial charge < -0.3 is 10.2 Å². The summed E-state index contributed by atoms with van der Waals surface area (Å²) in [4.78, 5) is 31.5. The predicted molar refractivity (Wildman–Crippen MR) is 93.5 cm³/mol. The number of pyridine rings is 1. The molecule has 1 aliphatic carbocycles. The van der Waals surface area contributed by atoms with Crippen molar-refractivity contribution in [2.24, 2.45) is 11.8 Å². The van der Waals surface area contributed by atoms with Crippen LogP contribution in [0.3, 0.4) is 0 Å². The summed E-state index contributed by atoms with van der Waals surface area (Å²) in [5.74, 6) is 0.887. The van der Waals surface area contributed by atoms with Gasteiger partial charge in [-0.2, -0.15) is 0 Å². The van der Waals surface area contributed by atoms with Crippen molar-refractivity contribution < 1.29 is 9.59 Å². The van der Waals surface area contributed by atoms with E-state index in [9.17, 15) is 9.59 Å². The molecule has 1 aromatic heterocycles. The smallest absolute Gasteiger partial charge is 0.230 e. The molecule has 0 bridgehead atoms. The minimum Gasteiger partial charge on any atom is -0.342 e. The molecule has 5 nitrogen and oxygen atoms in total. The van der Waals surface area contributed by atoms with Crippen molar-refractivity contribution in [1.29, 1.82) is 0 Å². The molecular weight excluding hydrogens is 302 g/mol. The molecule has 0 aromatic carbocycles. The number of aromatic nitrogens is 1. The van der Waals surface area contributed by atoms with E-state index >= 15 is 0 Å². The number of carbonyl (C=O) groups excluding carboxylic acids is 2. The summed E-state index contributed by atoms with van der Waals surface area (Å²) in [5.41, 5.74) is 0.880. The van der Waals surface area contributed by atoms with Crippen molar-refractivity contribution >= 4 is 17.6 Å². The Morgan fingerprint density at radius 1 is 1.08 bits per heavy atom. The first-order valence-corrected chi connectivity index (χ1v) is 9.17. The molecule has 24 heavy (non-hydrogen) atoms. The highest BCUT2D eigenvalue weighted by Crippen LogP contribution is 2.27. The van der Waals surface area contributed by atoms with E-state index in [2.05, 4.69) is 10.3 Å². The van der Waals surface area contributed by atoms with Gasteiger partial charge in [0.1, 0.15) is 5.82 Å². The normalized spacial score (nSPS) is 22.2. The number of anilines is 1. The molecule has 0 radical (unpaired) electrons. The summed E-state index contributed by atoms with van der Waals surface area (Å²) in [6, 6.07) is 5.59. The quantitative estimate of drug-likeness (QED) is 0.926. The Morgan fingerprint density at radius 2 is 1.83 bits per heavy atom. The van der Waals surface area contributed by atoms with Gasteiger partial charge in [0.25, 0.3) is 0 Å². The fraction of sp³-hybridized carbons (Fsp3) is 0.632. The van der Waals surface area contributed by atoms with Crippen LogP contribution in [0, 0.1) is 18.8 Å². The average molecular weight is 329 g/mol. The van der Waals surface area contributed by atoms with Crippen molar-refractivity contribution in [3.05, 3.63) is 23.9 Å². The molecule has 2 amide bonds. The lowest BCUT2D eigenvalue weighted by molar-refractivity contribution is -0.139. The van der Waals surface area contributed by atoms with Crippen LogP contribution in [0.1, 0.15) is 50.6 Å². The van der Waals surface area contributed by atoms with Gasteiger partial charge >= 0.3 is 0 Å². The monoisotopic (exact) mass is 329 g/mol. The molecule has 2 heterocycles. The topological polar surface area (TPSA) is 62.3 Å². The minimum atomic E-state index is -0.131. The zero-order valence-corrected chi connectivity index (χ0v) is 14.5. The lowest BCUT2D eigenvalue weighted by Crippen LogP contribution is -2.46. The standard InChI is InChI=1S/C19H27N3O2/c1-14-7-5-11-17(20-14)21-18(23)16-10-6-12-22(13-16)19(24)15-8-3-2-4-9-15/h5,7,11,15-16H,2-4,6,8-10,12-13H2,1H3,(H,20,21,23)/t16-/m0/s1. The fourth-order valence-electron chi connectivity index (χ4n) is 3.84. The maximum atomic E-state index is 12.7. The van der Waals surface area contributed by atoms with E-state index in [1.165, 1.54) is 6.42 Å². The van der Waals surface area contributed by atoms with Crippen LogP contribution in [0.4, 0.5) is 5.82 Å². The van der Waals surface area contributed by atoms with Gasteiger partial charge in [-0.25, -0.2) is 4.98 Å². The largest absolute Gasteiger partial charge is 0.342 e. The third-order valence-corrected chi connectivity index (χ3v) is 5.20. The summed E-state index contributed by atoms with van der Waals surface area (Å²) >= 11 is 0. The Hall–Kier alpha value is -1.91. The molecule has 1 aromatic rings. The number of carbonyl (C=O) groups is 2. The van der Waals surface area contributed by atoms with E-state index in [-0.39, 0.29) is 23.7 Å². The van der Waals surface area contributed by atoms with Gasteiger partial charge in [0.2, 0.25) is 11.8 Å². The van der Waals surface area contributed by atoms with Crippen molar-refractivity contribution in [1.82, 2.24) is 9.88 Å². The minimum absolute atomic E-state index is 0.0192. The SMILES string of the molecule is Cc1cccc(NC(=O)[C@H]2CCCN(C(=O)C3CCCCC3)C2)n1. The van der Waals surface area contributed by atoms with Crippen molar-refractivity contribution in [3.63, 3.8) is 0 Å². The number of amides is 2. The molecule has 2 aliphatic rings. The van der Waals surface area contributed by atoms with Crippen LogP contribution < -0.4 is 5.32 Å². The number of piperidine rings is 1. The number of nitrogens with one attached hydrogen (secondary N) is 1. The van der Waals surface area contributed by atoms with Crippen LogP contribution in [-0.4, -0.2) is 34.8 Å². The van der Waals surface area contributed by atoms with E-state index in [0.717, 1.165) is 50.8 Å². The molecule has 3 rings (SSSR count). The Kier molecular flexibility index (Phi) is 5.48. The Bertz CT molecular complexity index is 596. The van der Waals surface area contributed by atoms with Gasteiger partial charge in [-0.3, -0.25) is 9.59 Å². The van der Waals surface area contributed by atoms with Gasteiger partial charge in [-0.1, -0.05) is 25.3 Å². The molecule has 1 saturated heterocycles. The van der Waals surface area contributed by atoms with E-state index < -0.39 is 0 Å². The van der Waals surface area contributed by atoms with E-state index in [1.54, 1.807) is 6.07 Å². The van der Waals surface area contributed by atoms with Crippen LogP contribution in [0.5, 0.6) is 0 Å². The average Bonchev–Trinajstić information content (AvgIpc) is 2.62. The maximum Gasteiger partial charge on any atom is 0.230 e. The van der Waals surface area contributed by atoms with Crippen molar-refractivity contribution in [2.45, 2.75) is 51.9 Å². The second kappa shape index (κ2) is 7.77. The molecule has 1 aliphatic heterocycles. The third kappa shape index (κ3) is 4.13. The highest BCUT2D eigenvalue weighted by atomic mass is 16.2. The van der Waals surface area contributed by atoms with Crippen LogP contribution in [0.2, 0.25) is 0 Å². The molecule has 1 atom stereocenters. The van der Waals surface area contributed by atoms with E-state index in [0.29, 0.717) is 12.4 Å². The molecule has 0 spiro atoms. The molecule has 1 N–H and O–H groups in total. The summed E-state index contributed by atoms with van der Waals surface area (Å²) in [7, 11) is 0. The third-order valence-electron chi connectivity index (χ3n) is 5.20. The zero-order valence-electron chi connectivity index (χ0n) is 14.5. The van der Waals surface area contributed by atoms with Gasteiger partial charge in [0.05, 0.1) is 5.92 Å². The lowest BCUT2D eigenvalue weighted by Gasteiger charge is -2.35. The lowest BCUT2D eigenvalue weighted by atomic mass is 9.87. The number of hydrogen-bond acceptors (Lipinski definition) is 3. The van der Waals surface area contributed by atoms with Gasteiger partial charge in [-0.15, -0.1) is 0 Å². The second-order valence-corrected chi connectivity index (χ2v) is 7.11. The van der Waals surface area contributed by atoms with Gasteiger partial charge in [0.15, 0.2) is 0 Å². The van der Waals surface area contributed by atoms with Crippen molar-refractivity contribution in [2.75, 3.05) is 18.4 Å². The fourth-order valence-corrected chi connectivity index (χ4v) is 3.84. The van der Waals surface area contributed by atoms with Crippen LogP contribution in [-0.2, 0) is 9.59 Å². The van der Waals surface area contributed by atoms with Crippen molar-refractivity contribution in [3.8, 4) is 0 Å². The Labute approximate surface area is 143 Å². The maximum absolute atomic E-state index is 12.7. The molecule has 2 fully saturated rings. The van der Waals surface area contributed by atoms with Crippen LogP contribution in [0.25, 0.3) is 0 Å². The van der Waals surface area contributed by atoms with E-state index in [4.69, 9.17) is 0 Å². The molecule has 0 unspecified atom stereocenters. The first-order chi connectivity index (χ1) is 11.6. The van der Waals surface area contributed by atoms with Crippen LogP contribution >= 0.6 is 0 Å². The highest BCUT2D eigenvalue weighted by Gasteiger charge is 2.32. The Balaban J connectivity index is 1.58. The summed E-state index contributed by atoms with van der Waals surface area (Å²) in [5, 5.41) is 2.90. The zero-order chi connectivity index (χ0) is 16.9. The second-order valence-electron chi connectivity index (χ2n) is 7.11. The van der Waals surface area contributed by atoms with Gasteiger partial charge in [0, 0.05) is 24.7 Å². The molecule has 1 saturated carbocycles. The molecule has 5 heteroatoms. The molecular formula is C19H27N3O2. The summed E-state index contributed by atoms with van der Waals surface area (Å²) in [6.45, 7) is 3.25. The first-order valence-electron chi connectivity index (χ1n) is 9.17. The molecule has 130 valence electrons. The number of nitrogens with zero attached hydrogens (tertiary/aromatic N) is 2. The summed E-state index contributed by atoms with van der Waals surface area (Å²) in [6.07, 6.45) is 7.33. The number of hydrogen-bond donors (Lipinski definition) is 1. The Morgan fingerprint density at radius 3 is 2.58 bits per heavy atom.